The van der Waals surface area contributed by atoms with Gasteiger partial charge in [0.1, 0.15) is 21.1 Å². The van der Waals surface area contributed by atoms with Gasteiger partial charge in [0.25, 0.3) is 5.91 Å². The number of thiophene rings is 1. The lowest BCUT2D eigenvalue weighted by molar-refractivity contribution is 0.0700. The monoisotopic (exact) mass is 269 g/mol. The summed E-state index contributed by atoms with van der Waals surface area (Å²) in [6, 6.07) is 1.25. The molecule has 0 aliphatic carbocycles. The predicted octanol–water partition coefficient (Wildman–Crippen LogP) is 3.07. The average Bonchev–Trinajstić information content (AvgIpc) is 2.59. The molecular weight excluding hydrogens is 258 g/mol. The number of carboxylic acids is 1. The van der Waals surface area contributed by atoms with Crippen LogP contribution in [0.3, 0.4) is 0 Å². The van der Waals surface area contributed by atoms with Crippen LogP contribution in [0.1, 0.15) is 40.1 Å². The Morgan fingerprint density at radius 1 is 1.50 bits per heavy atom. The van der Waals surface area contributed by atoms with E-state index in [4.69, 9.17) is 15.4 Å². The molecule has 96 valence electrons. The first-order chi connectivity index (χ1) is 8.24. The zero-order chi connectivity index (χ0) is 13.9. The maximum Gasteiger partial charge on any atom is 0.346 e. The van der Waals surface area contributed by atoms with E-state index in [0.717, 1.165) is 11.3 Å². The Morgan fingerprint density at radius 3 is 2.56 bits per heavy atom. The maximum atomic E-state index is 11.5. The lowest BCUT2D eigenvalue weighted by Crippen LogP contribution is -2.23. The van der Waals surface area contributed by atoms with Gasteiger partial charge in [0, 0.05) is 11.0 Å². The molecule has 1 amide bonds. The van der Waals surface area contributed by atoms with E-state index in [2.05, 4.69) is 10.0 Å². The molecule has 0 atom stereocenters. The van der Waals surface area contributed by atoms with Crippen molar-refractivity contribution in [3.63, 3.8) is 0 Å². The minimum absolute atomic E-state index is 0.0138. The Kier molecular flexibility index (Phi) is 3.95. The number of carbonyl (C=O) groups excluding carboxylic acids is 1. The number of rotatable bonds is 3. The standard InChI is InChI=1S/C10H11N3O4S/c1-10(2,3)17-5-4-6(9(15)16)18-7(5)8(14)12-13-11/h4H,1-3H3,(H,15,16). The number of carboxylic acid groups (broad SMARTS) is 1. The number of azide groups is 1. The summed E-state index contributed by atoms with van der Waals surface area (Å²) in [6.45, 7) is 5.27. The quantitative estimate of drug-likeness (QED) is 0.516. The molecule has 0 saturated carbocycles. The molecule has 0 aliphatic rings. The first-order valence-corrected chi connectivity index (χ1v) is 5.72. The molecule has 0 saturated heterocycles. The minimum atomic E-state index is -1.17. The van der Waals surface area contributed by atoms with Gasteiger partial charge in [-0.05, 0) is 31.4 Å². The molecule has 0 aromatic carbocycles. The Labute approximate surface area is 107 Å². The van der Waals surface area contributed by atoms with Crippen molar-refractivity contribution in [2.45, 2.75) is 26.4 Å². The fraction of sp³-hybridized carbons (Fsp3) is 0.400. The lowest BCUT2D eigenvalue weighted by atomic mass is 10.2. The molecular formula is C10H11N3O4S. The number of amides is 1. The van der Waals surface area contributed by atoms with Gasteiger partial charge < -0.3 is 9.84 Å². The maximum absolute atomic E-state index is 11.5. The third-order valence-corrected chi connectivity index (χ3v) is 2.75. The van der Waals surface area contributed by atoms with Crippen LogP contribution < -0.4 is 4.74 Å². The van der Waals surface area contributed by atoms with Crippen LogP contribution in [0, 0.1) is 0 Å². The number of ether oxygens (including phenoxy) is 1. The normalized spacial score (nSPS) is 10.6. The van der Waals surface area contributed by atoms with Crippen molar-refractivity contribution in [1.82, 2.24) is 0 Å². The van der Waals surface area contributed by atoms with Crippen molar-refractivity contribution in [2.24, 2.45) is 5.11 Å². The Morgan fingerprint density at radius 2 is 2.11 bits per heavy atom. The molecule has 1 N–H and O–H groups in total. The zero-order valence-electron chi connectivity index (χ0n) is 10.00. The Hall–Kier alpha value is -2.05. The van der Waals surface area contributed by atoms with E-state index in [1.807, 2.05) is 0 Å². The van der Waals surface area contributed by atoms with Crippen LogP contribution in [0.5, 0.6) is 5.75 Å². The van der Waals surface area contributed by atoms with Gasteiger partial charge in [-0.3, -0.25) is 4.79 Å². The molecule has 7 nitrogen and oxygen atoms in total. The molecule has 0 radical (unpaired) electrons. The highest BCUT2D eigenvalue weighted by Gasteiger charge is 2.23. The molecule has 0 spiro atoms. The van der Waals surface area contributed by atoms with Crippen LogP contribution in [-0.2, 0) is 0 Å². The van der Waals surface area contributed by atoms with Crippen LogP contribution in [0.25, 0.3) is 10.4 Å². The van der Waals surface area contributed by atoms with Crippen molar-refractivity contribution >= 4 is 23.2 Å². The molecule has 1 aromatic rings. The summed E-state index contributed by atoms with van der Waals surface area (Å²) in [5.74, 6) is -1.91. The highest BCUT2D eigenvalue weighted by atomic mass is 32.1. The molecule has 1 aromatic heterocycles. The van der Waals surface area contributed by atoms with Gasteiger partial charge >= 0.3 is 5.97 Å². The van der Waals surface area contributed by atoms with E-state index >= 15 is 0 Å². The minimum Gasteiger partial charge on any atom is -0.486 e. The summed E-state index contributed by atoms with van der Waals surface area (Å²) >= 11 is 0.717. The van der Waals surface area contributed by atoms with Crippen molar-refractivity contribution in [2.75, 3.05) is 0 Å². The van der Waals surface area contributed by atoms with Gasteiger partial charge in [-0.2, -0.15) is 0 Å². The van der Waals surface area contributed by atoms with Gasteiger partial charge in [0.15, 0.2) is 0 Å². The van der Waals surface area contributed by atoms with E-state index in [1.54, 1.807) is 20.8 Å². The highest BCUT2D eigenvalue weighted by molar-refractivity contribution is 7.16. The predicted molar refractivity (Wildman–Crippen MR) is 65.1 cm³/mol. The molecule has 8 heteroatoms. The van der Waals surface area contributed by atoms with Crippen molar-refractivity contribution < 1.29 is 19.4 Å². The Balaban J connectivity index is 3.25. The van der Waals surface area contributed by atoms with E-state index in [0.29, 0.717) is 0 Å². The highest BCUT2D eigenvalue weighted by Crippen LogP contribution is 2.32. The van der Waals surface area contributed by atoms with Gasteiger partial charge in [0.05, 0.1) is 0 Å². The zero-order valence-corrected chi connectivity index (χ0v) is 10.8. The first kappa shape index (κ1) is 14.0. The average molecular weight is 269 g/mol. The van der Waals surface area contributed by atoms with E-state index < -0.39 is 17.5 Å². The van der Waals surface area contributed by atoms with Gasteiger partial charge in [0.2, 0.25) is 0 Å². The number of hydrogen-bond donors (Lipinski definition) is 1. The number of carbonyl (C=O) groups is 2. The third kappa shape index (κ3) is 3.47. The first-order valence-electron chi connectivity index (χ1n) is 4.90. The second-order valence-corrected chi connectivity index (χ2v) is 5.37. The summed E-state index contributed by atoms with van der Waals surface area (Å²) in [5, 5.41) is 11.8. The molecule has 1 rings (SSSR count). The summed E-state index contributed by atoms with van der Waals surface area (Å²) in [5.41, 5.74) is 7.63. The van der Waals surface area contributed by atoms with Crippen molar-refractivity contribution in [1.29, 1.82) is 0 Å². The van der Waals surface area contributed by atoms with Gasteiger partial charge in [-0.1, -0.05) is 0 Å². The Bertz CT molecular complexity index is 538. The number of aromatic carboxylic acids is 1. The van der Waals surface area contributed by atoms with Crippen LogP contribution in [-0.4, -0.2) is 22.6 Å². The third-order valence-electron chi connectivity index (χ3n) is 1.65. The molecule has 0 fully saturated rings. The van der Waals surface area contributed by atoms with Gasteiger partial charge in [-0.15, -0.1) is 11.3 Å². The molecule has 0 bridgehead atoms. The number of nitrogens with zero attached hydrogens (tertiary/aromatic N) is 3. The molecule has 0 aliphatic heterocycles. The van der Waals surface area contributed by atoms with E-state index in [9.17, 15) is 9.59 Å². The topological polar surface area (TPSA) is 112 Å². The van der Waals surface area contributed by atoms with Crippen LogP contribution >= 0.6 is 11.3 Å². The van der Waals surface area contributed by atoms with Crippen LogP contribution in [0.4, 0.5) is 0 Å². The SMILES string of the molecule is CC(C)(C)Oc1cc(C(=O)O)sc1C(=O)N=[N+]=[N-]. The van der Waals surface area contributed by atoms with Crippen LogP contribution in [0.15, 0.2) is 11.2 Å². The van der Waals surface area contributed by atoms with E-state index in [1.165, 1.54) is 6.07 Å². The largest absolute Gasteiger partial charge is 0.486 e. The summed E-state index contributed by atoms with van der Waals surface area (Å²) in [4.78, 5) is 24.7. The molecule has 1 heterocycles. The summed E-state index contributed by atoms with van der Waals surface area (Å²) < 4.78 is 5.47. The van der Waals surface area contributed by atoms with E-state index in [-0.39, 0.29) is 15.5 Å². The molecule has 0 unspecified atom stereocenters. The smallest absolute Gasteiger partial charge is 0.346 e. The second-order valence-electron chi connectivity index (χ2n) is 4.32. The number of hydrogen-bond acceptors (Lipinski definition) is 4. The lowest BCUT2D eigenvalue weighted by Gasteiger charge is -2.20. The van der Waals surface area contributed by atoms with Crippen LogP contribution in [0.2, 0.25) is 0 Å². The van der Waals surface area contributed by atoms with Gasteiger partial charge in [-0.25, -0.2) is 4.79 Å². The fourth-order valence-electron chi connectivity index (χ4n) is 1.12. The summed E-state index contributed by atoms with van der Waals surface area (Å²) in [7, 11) is 0. The summed E-state index contributed by atoms with van der Waals surface area (Å²) in [6.07, 6.45) is 0. The van der Waals surface area contributed by atoms with Crippen molar-refractivity contribution in [3.8, 4) is 5.75 Å². The second kappa shape index (κ2) is 5.07. The van der Waals surface area contributed by atoms with Crippen molar-refractivity contribution in [3.05, 3.63) is 26.3 Å². The fourth-order valence-corrected chi connectivity index (χ4v) is 1.92. The molecule has 18 heavy (non-hydrogen) atoms.